The molecule has 0 aliphatic carbocycles. The molecule has 1 atom stereocenters. The van der Waals surface area contributed by atoms with E-state index in [0.717, 1.165) is 17.8 Å². The van der Waals surface area contributed by atoms with Gasteiger partial charge in [0.05, 0.1) is 6.20 Å². The maximum absolute atomic E-state index is 13.1. The van der Waals surface area contributed by atoms with Crippen LogP contribution in [0.25, 0.3) is 28.5 Å². The van der Waals surface area contributed by atoms with Gasteiger partial charge in [-0.1, -0.05) is 0 Å². The summed E-state index contributed by atoms with van der Waals surface area (Å²) in [5.41, 5.74) is 9.37. The molecule has 12 heteroatoms. The molecular formula is C24H27N9O3. The summed E-state index contributed by atoms with van der Waals surface area (Å²) in [6.45, 7) is 3.58. The summed E-state index contributed by atoms with van der Waals surface area (Å²) in [6, 6.07) is 3.68. The zero-order valence-electron chi connectivity index (χ0n) is 20.3. The SMILES string of the molecule is Cc1cnc2ccc(-c3nc(C(=O)NCC4CCN(C(=O)N(C)C)C4)c(N)nc3-c3ncco3)cn12. The van der Waals surface area contributed by atoms with Crippen LogP contribution in [0.15, 0.2) is 41.4 Å². The van der Waals surface area contributed by atoms with Crippen LogP contribution in [0.3, 0.4) is 0 Å². The van der Waals surface area contributed by atoms with Gasteiger partial charge in [-0.15, -0.1) is 0 Å². The summed E-state index contributed by atoms with van der Waals surface area (Å²) in [5.74, 6) is -0.0717. The monoisotopic (exact) mass is 489 g/mol. The molecule has 1 unspecified atom stereocenters. The fraction of sp³-hybridized carbons (Fsp3) is 0.333. The lowest BCUT2D eigenvalue weighted by atomic mass is 10.1. The Labute approximate surface area is 207 Å². The fourth-order valence-corrected chi connectivity index (χ4v) is 4.33. The van der Waals surface area contributed by atoms with Gasteiger partial charge < -0.3 is 29.7 Å². The van der Waals surface area contributed by atoms with Gasteiger partial charge in [0.15, 0.2) is 17.2 Å². The molecule has 12 nitrogen and oxygen atoms in total. The molecule has 5 heterocycles. The lowest BCUT2D eigenvalue weighted by molar-refractivity contribution is 0.0943. The van der Waals surface area contributed by atoms with E-state index in [4.69, 9.17) is 10.2 Å². The quantitative estimate of drug-likeness (QED) is 0.433. The first-order valence-corrected chi connectivity index (χ1v) is 11.6. The molecular weight excluding hydrogens is 462 g/mol. The summed E-state index contributed by atoms with van der Waals surface area (Å²) < 4.78 is 7.39. The number of likely N-dealkylation sites (tertiary alicyclic amines) is 1. The van der Waals surface area contributed by atoms with E-state index in [9.17, 15) is 9.59 Å². The van der Waals surface area contributed by atoms with E-state index in [1.807, 2.05) is 29.7 Å². The number of nitrogens with two attached hydrogens (primary N) is 1. The normalized spacial score (nSPS) is 15.4. The standard InChI is InChI=1S/C24H27N9O3/c1-14-10-27-17-5-4-16(13-33(14)17)18-19(23-26-7-9-36-23)30-21(25)20(29-18)22(34)28-11-15-6-8-32(12-15)24(35)31(2)3/h4-5,7,9-10,13,15H,6,8,11-12H2,1-3H3,(H2,25,30)(H,28,34). The van der Waals surface area contributed by atoms with Crippen LogP contribution in [0.5, 0.6) is 0 Å². The molecule has 0 aromatic carbocycles. The number of hydrogen-bond donors (Lipinski definition) is 2. The third-order valence-electron chi connectivity index (χ3n) is 6.23. The topological polar surface area (TPSA) is 148 Å². The molecule has 1 saturated heterocycles. The van der Waals surface area contributed by atoms with E-state index in [-0.39, 0.29) is 29.4 Å². The van der Waals surface area contributed by atoms with Gasteiger partial charge in [0, 0.05) is 57.4 Å². The van der Waals surface area contributed by atoms with Gasteiger partial charge in [0.25, 0.3) is 5.91 Å². The predicted octanol–water partition coefficient (Wildman–Crippen LogP) is 2.07. The minimum absolute atomic E-state index is 0.0157. The van der Waals surface area contributed by atoms with Crippen molar-refractivity contribution >= 4 is 23.4 Å². The van der Waals surface area contributed by atoms with Crippen LogP contribution in [0.4, 0.5) is 10.6 Å². The van der Waals surface area contributed by atoms with Gasteiger partial charge in [-0.25, -0.2) is 24.7 Å². The number of fused-ring (bicyclic) bond motifs is 1. The van der Waals surface area contributed by atoms with Crippen molar-refractivity contribution in [3.05, 3.63) is 48.4 Å². The van der Waals surface area contributed by atoms with Crippen molar-refractivity contribution in [1.82, 2.24) is 39.5 Å². The number of amides is 3. The highest BCUT2D eigenvalue weighted by Gasteiger charge is 2.28. The first-order chi connectivity index (χ1) is 17.3. The Balaban J connectivity index is 1.43. The highest BCUT2D eigenvalue weighted by molar-refractivity contribution is 5.97. The van der Waals surface area contributed by atoms with Gasteiger partial charge in [-0.2, -0.15) is 0 Å². The Hall–Kier alpha value is -4.48. The second-order valence-corrected chi connectivity index (χ2v) is 9.03. The van der Waals surface area contributed by atoms with E-state index in [1.165, 1.54) is 12.5 Å². The van der Waals surface area contributed by atoms with Crippen molar-refractivity contribution in [3.8, 4) is 22.8 Å². The van der Waals surface area contributed by atoms with Gasteiger partial charge in [0.1, 0.15) is 17.6 Å². The Morgan fingerprint density at radius 1 is 1.22 bits per heavy atom. The summed E-state index contributed by atoms with van der Waals surface area (Å²) in [7, 11) is 3.45. The Morgan fingerprint density at radius 2 is 2.06 bits per heavy atom. The number of urea groups is 1. The fourth-order valence-electron chi connectivity index (χ4n) is 4.33. The van der Waals surface area contributed by atoms with Crippen LogP contribution < -0.4 is 11.1 Å². The number of carbonyl (C=O) groups is 2. The largest absolute Gasteiger partial charge is 0.443 e. The van der Waals surface area contributed by atoms with E-state index in [2.05, 4.69) is 25.3 Å². The van der Waals surface area contributed by atoms with Crippen molar-refractivity contribution < 1.29 is 14.0 Å². The maximum atomic E-state index is 13.1. The van der Waals surface area contributed by atoms with E-state index >= 15 is 0 Å². The number of aryl methyl sites for hydroxylation is 1. The number of nitrogen functional groups attached to an aromatic ring is 1. The van der Waals surface area contributed by atoms with Gasteiger partial charge in [-0.3, -0.25) is 4.79 Å². The molecule has 36 heavy (non-hydrogen) atoms. The average molecular weight is 490 g/mol. The molecule has 0 radical (unpaired) electrons. The zero-order valence-corrected chi connectivity index (χ0v) is 20.3. The van der Waals surface area contributed by atoms with Crippen LogP contribution in [-0.2, 0) is 0 Å². The number of hydrogen-bond acceptors (Lipinski definition) is 8. The van der Waals surface area contributed by atoms with Crippen LogP contribution in [0.2, 0.25) is 0 Å². The summed E-state index contributed by atoms with van der Waals surface area (Å²) in [5, 5.41) is 2.91. The smallest absolute Gasteiger partial charge is 0.319 e. The van der Waals surface area contributed by atoms with Crippen molar-refractivity contribution in [2.24, 2.45) is 5.92 Å². The van der Waals surface area contributed by atoms with Crippen LogP contribution >= 0.6 is 0 Å². The molecule has 1 fully saturated rings. The van der Waals surface area contributed by atoms with Crippen molar-refractivity contribution in [2.75, 3.05) is 39.5 Å². The third-order valence-corrected chi connectivity index (χ3v) is 6.23. The lowest BCUT2D eigenvalue weighted by Crippen LogP contribution is -2.38. The number of carbonyl (C=O) groups excluding carboxylic acids is 2. The molecule has 3 N–H and O–H groups in total. The second kappa shape index (κ2) is 9.29. The second-order valence-electron chi connectivity index (χ2n) is 9.03. The van der Waals surface area contributed by atoms with Crippen molar-refractivity contribution in [2.45, 2.75) is 13.3 Å². The van der Waals surface area contributed by atoms with E-state index in [0.29, 0.717) is 36.6 Å². The Bertz CT molecular complexity index is 1430. The lowest BCUT2D eigenvalue weighted by Gasteiger charge is -2.21. The molecule has 3 amide bonds. The predicted molar refractivity (Wildman–Crippen MR) is 132 cm³/mol. The number of oxazole rings is 1. The van der Waals surface area contributed by atoms with E-state index < -0.39 is 5.91 Å². The van der Waals surface area contributed by atoms with E-state index in [1.54, 1.807) is 30.1 Å². The minimum atomic E-state index is -0.433. The zero-order chi connectivity index (χ0) is 25.4. The number of aromatic nitrogens is 5. The van der Waals surface area contributed by atoms with Gasteiger partial charge in [0.2, 0.25) is 5.89 Å². The summed E-state index contributed by atoms with van der Waals surface area (Å²) >= 11 is 0. The Morgan fingerprint density at radius 3 is 2.81 bits per heavy atom. The number of pyridine rings is 1. The number of imidazole rings is 1. The van der Waals surface area contributed by atoms with Crippen LogP contribution in [0.1, 0.15) is 22.6 Å². The number of rotatable bonds is 5. The molecule has 4 aromatic heterocycles. The van der Waals surface area contributed by atoms with Crippen LogP contribution in [-0.4, -0.2) is 79.8 Å². The molecule has 186 valence electrons. The molecule has 1 aliphatic heterocycles. The van der Waals surface area contributed by atoms with Crippen molar-refractivity contribution in [1.29, 1.82) is 0 Å². The third kappa shape index (κ3) is 4.32. The molecule has 0 bridgehead atoms. The first kappa shape index (κ1) is 23.3. The summed E-state index contributed by atoms with van der Waals surface area (Å²) in [6.07, 6.45) is 7.40. The molecule has 5 rings (SSSR count). The minimum Gasteiger partial charge on any atom is -0.443 e. The number of nitrogens with one attached hydrogen (secondary N) is 1. The summed E-state index contributed by atoms with van der Waals surface area (Å²) in [4.78, 5) is 46.3. The highest BCUT2D eigenvalue weighted by Crippen LogP contribution is 2.30. The van der Waals surface area contributed by atoms with Crippen LogP contribution in [0, 0.1) is 12.8 Å². The number of anilines is 1. The first-order valence-electron chi connectivity index (χ1n) is 11.6. The highest BCUT2D eigenvalue weighted by atomic mass is 16.3. The maximum Gasteiger partial charge on any atom is 0.319 e. The average Bonchev–Trinajstić information content (AvgIpc) is 3.63. The van der Waals surface area contributed by atoms with Gasteiger partial charge in [-0.05, 0) is 31.4 Å². The molecule has 0 spiro atoms. The Kier molecular flexibility index (Phi) is 6.00. The molecule has 0 saturated carbocycles. The number of nitrogens with zero attached hydrogens (tertiary/aromatic N) is 7. The van der Waals surface area contributed by atoms with Gasteiger partial charge >= 0.3 is 6.03 Å². The van der Waals surface area contributed by atoms with Crippen molar-refractivity contribution in [3.63, 3.8) is 0 Å². The molecule has 1 aliphatic rings. The molecule has 4 aromatic rings.